The van der Waals surface area contributed by atoms with Crippen molar-refractivity contribution < 1.29 is 9.72 Å². The molecule has 2 N–H and O–H groups in total. The molecule has 0 aliphatic carbocycles. The highest BCUT2D eigenvalue weighted by molar-refractivity contribution is 7.80. The summed E-state index contributed by atoms with van der Waals surface area (Å²) >= 11 is 10.8. The molecule has 2 rings (SSSR count). The van der Waals surface area contributed by atoms with Gasteiger partial charge in [0.1, 0.15) is 0 Å². The molecule has 0 fully saturated rings. The van der Waals surface area contributed by atoms with E-state index in [4.69, 9.17) is 23.8 Å². The number of amides is 1. The molecule has 0 unspecified atom stereocenters. The van der Waals surface area contributed by atoms with E-state index >= 15 is 0 Å². The van der Waals surface area contributed by atoms with Crippen molar-refractivity contribution in [2.45, 2.75) is 6.92 Å². The van der Waals surface area contributed by atoms with Gasteiger partial charge in [-0.15, -0.1) is 0 Å². The SMILES string of the molecule is Cc1c(NC(=S)NC(=O)c2ccc(Cl)cc2)cccc1[N+](=O)[O-]. The third kappa shape index (κ3) is 4.24. The zero-order valence-corrected chi connectivity index (χ0v) is 13.6. The zero-order chi connectivity index (χ0) is 17.0. The number of nitro benzene ring substituents is 1. The van der Waals surface area contributed by atoms with E-state index in [1.54, 1.807) is 37.3 Å². The summed E-state index contributed by atoms with van der Waals surface area (Å²) in [5.74, 6) is -0.401. The second-order valence-corrected chi connectivity index (χ2v) is 5.47. The normalized spacial score (nSPS) is 10.0. The largest absolute Gasteiger partial charge is 0.332 e. The molecule has 23 heavy (non-hydrogen) atoms. The van der Waals surface area contributed by atoms with Crippen molar-refractivity contribution in [1.82, 2.24) is 5.32 Å². The van der Waals surface area contributed by atoms with Gasteiger partial charge in [0.15, 0.2) is 5.11 Å². The first-order valence-corrected chi connectivity index (χ1v) is 7.29. The Hall–Kier alpha value is -2.51. The molecule has 0 spiro atoms. The van der Waals surface area contributed by atoms with Crippen LogP contribution in [0, 0.1) is 17.0 Å². The van der Waals surface area contributed by atoms with Gasteiger partial charge in [0, 0.05) is 16.7 Å². The summed E-state index contributed by atoms with van der Waals surface area (Å²) in [6, 6.07) is 10.9. The van der Waals surface area contributed by atoms with Crippen molar-refractivity contribution in [2.24, 2.45) is 0 Å². The van der Waals surface area contributed by atoms with Crippen molar-refractivity contribution in [3.05, 3.63) is 68.7 Å². The molecule has 6 nitrogen and oxygen atoms in total. The van der Waals surface area contributed by atoms with Crippen LogP contribution in [0.5, 0.6) is 0 Å². The third-order valence-electron chi connectivity index (χ3n) is 3.08. The molecule has 0 saturated heterocycles. The zero-order valence-electron chi connectivity index (χ0n) is 12.0. The van der Waals surface area contributed by atoms with Crippen LogP contribution < -0.4 is 10.6 Å². The molecule has 0 aromatic heterocycles. The number of anilines is 1. The van der Waals surface area contributed by atoms with E-state index in [-0.39, 0.29) is 10.8 Å². The first-order chi connectivity index (χ1) is 10.9. The van der Waals surface area contributed by atoms with Crippen molar-refractivity contribution in [2.75, 3.05) is 5.32 Å². The van der Waals surface area contributed by atoms with Crippen LogP contribution in [0.25, 0.3) is 0 Å². The van der Waals surface area contributed by atoms with E-state index < -0.39 is 10.8 Å². The van der Waals surface area contributed by atoms with Gasteiger partial charge in [-0.3, -0.25) is 20.2 Å². The molecular weight excluding hydrogens is 338 g/mol. The van der Waals surface area contributed by atoms with Crippen LogP contribution in [0.3, 0.4) is 0 Å². The predicted molar refractivity (Wildman–Crippen MR) is 93.0 cm³/mol. The highest BCUT2D eigenvalue weighted by atomic mass is 35.5. The summed E-state index contributed by atoms with van der Waals surface area (Å²) in [5, 5.41) is 16.8. The Balaban J connectivity index is 2.08. The van der Waals surface area contributed by atoms with Gasteiger partial charge in [0.05, 0.1) is 16.2 Å². The smallest absolute Gasteiger partial charge is 0.274 e. The van der Waals surface area contributed by atoms with Crippen LogP contribution in [-0.2, 0) is 0 Å². The van der Waals surface area contributed by atoms with E-state index in [1.165, 1.54) is 12.1 Å². The fraction of sp³-hybridized carbons (Fsp3) is 0.0667. The van der Waals surface area contributed by atoms with Gasteiger partial charge in [-0.05, 0) is 49.5 Å². The molecular formula is C15H12ClN3O3S. The van der Waals surface area contributed by atoms with Gasteiger partial charge in [0.2, 0.25) is 0 Å². The standard InChI is InChI=1S/C15H12ClN3O3S/c1-9-12(3-2-4-13(9)19(21)22)17-15(23)18-14(20)10-5-7-11(16)8-6-10/h2-8H,1H3,(H2,17,18,20,23). The molecule has 2 aromatic carbocycles. The maximum atomic E-state index is 12.0. The van der Waals surface area contributed by atoms with E-state index in [1.807, 2.05) is 0 Å². The maximum Gasteiger partial charge on any atom is 0.274 e. The van der Waals surface area contributed by atoms with Crippen LogP contribution >= 0.6 is 23.8 Å². The summed E-state index contributed by atoms with van der Waals surface area (Å²) < 4.78 is 0. The number of benzene rings is 2. The van der Waals surface area contributed by atoms with Gasteiger partial charge in [-0.1, -0.05) is 17.7 Å². The number of thiocarbonyl (C=S) groups is 1. The Bertz CT molecular complexity index is 778. The molecule has 0 aliphatic heterocycles. The number of hydrogen-bond acceptors (Lipinski definition) is 4. The molecule has 0 aliphatic rings. The van der Waals surface area contributed by atoms with E-state index in [0.717, 1.165) is 0 Å². The minimum Gasteiger partial charge on any atom is -0.332 e. The van der Waals surface area contributed by atoms with Crippen molar-refractivity contribution in [3.8, 4) is 0 Å². The van der Waals surface area contributed by atoms with Gasteiger partial charge in [-0.25, -0.2) is 0 Å². The van der Waals surface area contributed by atoms with Gasteiger partial charge >= 0.3 is 0 Å². The molecule has 2 aromatic rings. The van der Waals surface area contributed by atoms with E-state index in [2.05, 4.69) is 10.6 Å². The van der Waals surface area contributed by atoms with Crippen molar-refractivity contribution >= 4 is 46.2 Å². The molecule has 118 valence electrons. The molecule has 0 atom stereocenters. The lowest BCUT2D eigenvalue weighted by atomic mass is 10.1. The first kappa shape index (κ1) is 16.9. The van der Waals surface area contributed by atoms with Crippen LogP contribution in [0.1, 0.15) is 15.9 Å². The number of carbonyl (C=O) groups is 1. The summed E-state index contributed by atoms with van der Waals surface area (Å²) in [6.07, 6.45) is 0. The van der Waals surface area contributed by atoms with Crippen molar-refractivity contribution in [3.63, 3.8) is 0 Å². The monoisotopic (exact) mass is 349 g/mol. The second-order valence-electron chi connectivity index (χ2n) is 4.62. The molecule has 0 saturated carbocycles. The summed E-state index contributed by atoms with van der Waals surface area (Å²) in [4.78, 5) is 22.5. The Morgan fingerprint density at radius 2 is 1.87 bits per heavy atom. The average molecular weight is 350 g/mol. The third-order valence-corrected chi connectivity index (χ3v) is 3.54. The average Bonchev–Trinajstić information content (AvgIpc) is 2.49. The fourth-order valence-electron chi connectivity index (χ4n) is 1.89. The number of rotatable bonds is 3. The number of halogens is 1. The minimum absolute atomic E-state index is 0.0261. The second kappa shape index (κ2) is 7.17. The van der Waals surface area contributed by atoms with Crippen molar-refractivity contribution in [1.29, 1.82) is 0 Å². The lowest BCUT2D eigenvalue weighted by Crippen LogP contribution is -2.34. The molecule has 0 radical (unpaired) electrons. The summed E-state index contributed by atoms with van der Waals surface area (Å²) in [7, 11) is 0. The summed E-state index contributed by atoms with van der Waals surface area (Å²) in [5.41, 5.74) is 1.26. The topological polar surface area (TPSA) is 84.3 Å². The lowest BCUT2D eigenvalue weighted by molar-refractivity contribution is -0.385. The Kier molecular flexibility index (Phi) is 5.25. The highest BCUT2D eigenvalue weighted by Crippen LogP contribution is 2.24. The van der Waals surface area contributed by atoms with Crippen LogP contribution in [0.2, 0.25) is 5.02 Å². The molecule has 0 bridgehead atoms. The van der Waals surface area contributed by atoms with Crippen LogP contribution in [0.4, 0.5) is 11.4 Å². The van der Waals surface area contributed by atoms with E-state index in [0.29, 0.717) is 21.8 Å². The first-order valence-electron chi connectivity index (χ1n) is 6.50. The molecule has 8 heteroatoms. The molecule has 0 heterocycles. The number of nitrogens with zero attached hydrogens (tertiary/aromatic N) is 1. The van der Waals surface area contributed by atoms with Crippen LogP contribution in [0.15, 0.2) is 42.5 Å². The number of nitrogens with one attached hydrogen (secondary N) is 2. The highest BCUT2D eigenvalue weighted by Gasteiger charge is 2.14. The number of nitro groups is 1. The summed E-state index contributed by atoms with van der Waals surface area (Å²) in [6.45, 7) is 1.60. The number of hydrogen-bond donors (Lipinski definition) is 2. The lowest BCUT2D eigenvalue weighted by Gasteiger charge is -2.11. The van der Waals surface area contributed by atoms with Crippen LogP contribution in [-0.4, -0.2) is 15.9 Å². The van der Waals surface area contributed by atoms with Gasteiger partial charge in [-0.2, -0.15) is 0 Å². The predicted octanol–water partition coefficient (Wildman–Crippen LogP) is 3.68. The quantitative estimate of drug-likeness (QED) is 0.501. The van der Waals surface area contributed by atoms with Gasteiger partial charge < -0.3 is 5.32 Å². The maximum absolute atomic E-state index is 12.0. The Morgan fingerprint density at radius 3 is 2.48 bits per heavy atom. The Morgan fingerprint density at radius 1 is 1.22 bits per heavy atom. The van der Waals surface area contributed by atoms with E-state index in [9.17, 15) is 14.9 Å². The Labute approximate surface area is 142 Å². The molecule has 1 amide bonds. The minimum atomic E-state index is -0.476. The fourth-order valence-corrected chi connectivity index (χ4v) is 2.22. The number of carbonyl (C=O) groups excluding carboxylic acids is 1. The van der Waals surface area contributed by atoms with Gasteiger partial charge in [0.25, 0.3) is 11.6 Å².